The highest BCUT2D eigenvalue weighted by Gasteiger charge is 2.38. The molecule has 0 aromatic carbocycles. The fraction of sp³-hybridized carbons (Fsp3) is 0.333. The summed E-state index contributed by atoms with van der Waals surface area (Å²) >= 11 is 0. The molecule has 2 aliphatic heterocycles. The molecule has 1 saturated heterocycles. The molecule has 0 bridgehead atoms. The number of amides is 4. The van der Waals surface area contributed by atoms with Gasteiger partial charge in [-0.15, -0.1) is 0 Å². The van der Waals surface area contributed by atoms with Crippen LogP contribution in [0, 0.1) is 0 Å². The van der Waals surface area contributed by atoms with E-state index in [9.17, 15) is 9.59 Å². The fourth-order valence-corrected chi connectivity index (χ4v) is 2.05. The number of allylic oxidation sites excluding steroid dienone is 1. The first-order chi connectivity index (χ1) is 7.25. The monoisotopic (exact) mass is 206 g/mol. The Labute approximate surface area is 86.0 Å². The van der Waals surface area contributed by atoms with Crippen LogP contribution in [0.2, 0.25) is 0 Å². The van der Waals surface area contributed by atoms with Gasteiger partial charge in [-0.3, -0.25) is 5.32 Å². The van der Waals surface area contributed by atoms with Crippen LogP contribution in [0.4, 0.5) is 9.59 Å². The predicted octanol–water partition coefficient (Wildman–Crippen LogP) is 0.170. The van der Waals surface area contributed by atoms with Gasteiger partial charge in [0.05, 0.1) is 6.04 Å². The molecule has 0 radical (unpaired) electrons. The molecule has 2 heterocycles. The average Bonchev–Trinajstić information content (AvgIpc) is 2.61. The van der Waals surface area contributed by atoms with Crippen molar-refractivity contribution in [2.24, 2.45) is 0 Å². The summed E-state index contributed by atoms with van der Waals surface area (Å²) in [7, 11) is 0. The van der Waals surface area contributed by atoms with Gasteiger partial charge in [0.2, 0.25) is 0 Å². The maximum absolute atomic E-state index is 11.6. The zero-order chi connectivity index (χ0) is 10.4. The molecule has 1 fully saturated rings. The van der Waals surface area contributed by atoms with Crippen LogP contribution in [0.3, 0.4) is 0 Å². The highest BCUT2D eigenvalue weighted by Crippen LogP contribution is 2.26. The minimum atomic E-state index is -0.368. The Kier molecular flexibility index (Phi) is 1.53. The Bertz CT molecular complexity index is 412. The maximum Gasteiger partial charge on any atom is 0.342 e. The van der Waals surface area contributed by atoms with Gasteiger partial charge in [-0.05, 0) is 12.8 Å². The van der Waals surface area contributed by atoms with E-state index in [0.29, 0.717) is 5.82 Å². The van der Waals surface area contributed by atoms with Gasteiger partial charge in [0.25, 0.3) is 0 Å². The van der Waals surface area contributed by atoms with E-state index < -0.39 is 0 Å². The smallest absolute Gasteiger partial charge is 0.329 e. The average molecular weight is 206 g/mol. The van der Waals surface area contributed by atoms with E-state index in [1.165, 1.54) is 5.01 Å². The normalized spacial score (nSPS) is 28.0. The highest BCUT2D eigenvalue weighted by atomic mass is 16.2. The first-order valence-electron chi connectivity index (χ1n) is 4.84. The van der Waals surface area contributed by atoms with Gasteiger partial charge in [0.15, 0.2) is 0 Å². The number of hydrogen-bond donors (Lipinski definition) is 3. The topological polar surface area (TPSA) is 73.5 Å². The maximum atomic E-state index is 11.6. The number of urea groups is 2. The number of carbonyl (C=O) groups is 2. The van der Waals surface area contributed by atoms with Crippen molar-refractivity contribution < 1.29 is 9.59 Å². The van der Waals surface area contributed by atoms with Gasteiger partial charge in [0, 0.05) is 5.57 Å². The summed E-state index contributed by atoms with van der Waals surface area (Å²) in [5, 5.41) is 6.67. The molecule has 3 rings (SSSR count). The summed E-state index contributed by atoms with van der Waals surface area (Å²) in [4.78, 5) is 22.7. The summed E-state index contributed by atoms with van der Waals surface area (Å²) in [5.74, 6) is 0.560. The van der Waals surface area contributed by atoms with E-state index in [1.807, 2.05) is 12.2 Å². The van der Waals surface area contributed by atoms with Gasteiger partial charge < -0.3 is 5.32 Å². The third-order valence-corrected chi connectivity index (χ3v) is 2.74. The third-order valence-electron chi connectivity index (χ3n) is 2.74. The van der Waals surface area contributed by atoms with Gasteiger partial charge >= 0.3 is 12.1 Å². The number of nitrogens with zero attached hydrogens (tertiary/aromatic N) is 1. The van der Waals surface area contributed by atoms with Crippen LogP contribution in [0.25, 0.3) is 0 Å². The SMILES string of the molecule is O=C1NC2=C3C=CCCC3NC(=O)N2N1. The third kappa shape index (κ3) is 1.11. The lowest BCUT2D eigenvalue weighted by Gasteiger charge is -2.32. The van der Waals surface area contributed by atoms with Crippen LogP contribution in [0.1, 0.15) is 12.8 Å². The van der Waals surface area contributed by atoms with Gasteiger partial charge in [-0.1, -0.05) is 12.2 Å². The van der Waals surface area contributed by atoms with Crippen LogP contribution in [0.5, 0.6) is 0 Å². The van der Waals surface area contributed by atoms with Crippen LogP contribution < -0.4 is 16.1 Å². The van der Waals surface area contributed by atoms with Gasteiger partial charge in [-0.25, -0.2) is 15.0 Å². The Balaban J connectivity index is 2.10. The molecule has 4 amide bonds. The lowest BCUT2D eigenvalue weighted by atomic mass is 9.95. The van der Waals surface area contributed by atoms with Crippen LogP contribution in [0.15, 0.2) is 23.5 Å². The van der Waals surface area contributed by atoms with Crippen LogP contribution in [-0.2, 0) is 0 Å². The number of carbonyl (C=O) groups excluding carboxylic acids is 2. The molecule has 6 heteroatoms. The van der Waals surface area contributed by atoms with Crippen molar-refractivity contribution in [3.63, 3.8) is 0 Å². The number of hydrogen-bond acceptors (Lipinski definition) is 2. The zero-order valence-electron chi connectivity index (χ0n) is 7.91. The predicted molar refractivity (Wildman–Crippen MR) is 51.2 cm³/mol. The quantitative estimate of drug-likeness (QED) is 0.528. The Hall–Kier alpha value is -1.98. The van der Waals surface area contributed by atoms with Gasteiger partial charge in [0.1, 0.15) is 5.82 Å². The summed E-state index contributed by atoms with van der Waals surface area (Å²) in [6, 6.07) is -0.631. The van der Waals surface area contributed by atoms with Crippen molar-refractivity contribution in [2.75, 3.05) is 0 Å². The van der Waals surface area contributed by atoms with Crippen LogP contribution >= 0.6 is 0 Å². The Morgan fingerprint density at radius 2 is 2.27 bits per heavy atom. The van der Waals surface area contributed by atoms with E-state index in [0.717, 1.165) is 18.4 Å². The largest absolute Gasteiger partial charge is 0.342 e. The molecule has 1 aliphatic carbocycles. The minimum Gasteiger partial charge on any atom is -0.329 e. The molecular weight excluding hydrogens is 196 g/mol. The number of fused-ring (bicyclic) bond motifs is 2. The molecule has 1 unspecified atom stereocenters. The zero-order valence-corrected chi connectivity index (χ0v) is 7.91. The first kappa shape index (κ1) is 8.34. The molecule has 1 atom stereocenters. The van der Waals surface area contributed by atoms with E-state index in [-0.39, 0.29) is 18.1 Å². The van der Waals surface area contributed by atoms with Gasteiger partial charge in [-0.2, -0.15) is 5.01 Å². The van der Waals surface area contributed by atoms with E-state index in [4.69, 9.17) is 0 Å². The molecule has 3 N–H and O–H groups in total. The molecule has 0 aromatic heterocycles. The molecule has 3 aliphatic rings. The number of hydrazine groups is 1. The van der Waals surface area contributed by atoms with E-state index in [1.54, 1.807) is 0 Å². The molecule has 78 valence electrons. The molecule has 0 saturated carbocycles. The minimum absolute atomic E-state index is 0.0222. The lowest BCUT2D eigenvalue weighted by molar-refractivity contribution is 0.190. The Morgan fingerprint density at radius 3 is 3.13 bits per heavy atom. The first-order valence-corrected chi connectivity index (χ1v) is 4.84. The van der Waals surface area contributed by atoms with Crippen molar-refractivity contribution in [1.29, 1.82) is 0 Å². The fourth-order valence-electron chi connectivity index (χ4n) is 2.05. The Morgan fingerprint density at radius 1 is 1.40 bits per heavy atom. The molecule has 6 nitrogen and oxygen atoms in total. The second-order valence-electron chi connectivity index (χ2n) is 3.69. The summed E-state index contributed by atoms with van der Waals surface area (Å²) in [6.07, 6.45) is 5.82. The van der Waals surface area contributed by atoms with Crippen LogP contribution in [-0.4, -0.2) is 23.1 Å². The summed E-state index contributed by atoms with van der Waals surface area (Å²) in [6.45, 7) is 0. The van der Waals surface area contributed by atoms with Crippen molar-refractivity contribution in [1.82, 2.24) is 21.1 Å². The van der Waals surface area contributed by atoms with E-state index >= 15 is 0 Å². The summed E-state index contributed by atoms with van der Waals surface area (Å²) in [5.41, 5.74) is 3.38. The molecule has 15 heavy (non-hydrogen) atoms. The second-order valence-corrected chi connectivity index (χ2v) is 3.69. The molecular formula is C9H10N4O2. The lowest BCUT2D eigenvalue weighted by Crippen LogP contribution is -2.53. The van der Waals surface area contributed by atoms with Crippen molar-refractivity contribution in [3.8, 4) is 0 Å². The highest BCUT2D eigenvalue weighted by molar-refractivity contribution is 5.89. The molecule has 0 spiro atoms. The number of nitrogens with one attached hydrogen (secondary N) is 3. The van der Waals surface area contributed by atoms with Crippen molar-refractivity contribution in [3.05, 3.63) is 23.5 Å². The molecule has 0 aromatic rings. The number of rotatable bonds is 0. The standard InChI is InChI=1S/C9H10N4O2/c14-8-11-7-5-3-1-2-4-6(5)10-9(15)13(7)12-8/h1,3,6H,2,4H2,(H,10,15)(H2,11,12,14). The van der Waals surface area contributed by atoms with E-state index in [2.05, 4.69) is 16.1 Å². The van der Waals surface area contributed by atoms with Crippen molar-refractivity contribution >= 4 is 12.1 Å². The summed E-state index contributed by atoms with van der Waals surface area (Å²) < 4.78 is 0. The van der Waals surface area contributed by atoms with Crippen molar-refractivity contribution in [2.45, 2.75) is 18.9 Å². The second kappa shape index (κ2) is 2.75.